The Morgan fingerprint density at radius 2 is 2.19 bits per heavy atom. The summed E-state index contributed by atoms with van der Waals surface area (Å²) in [6, 6.07) is 0.0196. The van der Waals surface area contributed by atoms with Crippen LogP contribution in [0.3, 0.4) is 0 Å². The first kappa shape index (κ1) is 13.3. The Morgan fingerprint density at radius 3 is 2.88 bits per heavy atom. The van der Waals surface area contributed by atoms with Crippen LogP contribution < -0.4 is 5.32 Å². The molecular formula is C12H24N2O2. The zero-order chi connectivity index (χ0) is 12.0. The highest BCUT2D eigenvalue weighted by Gasteiger charge is 2.26. The average Bonchev–Trinajstić information content (AvgIpc) is 2.39. The molecule has 0 bridgehead atoms. The molecule has 0 aliphatic carbocycles. The van der Waals surface area contributed by atoms with E-state index in [2.05, 4.69) is 12.2 Å². The van der Waals surface area contributed by atoms with Crippen molar-refractivity contribution in [3.8, 4) is 0 Å². The number of nitrogens with zero attached hydrogens (tertiary/aromatic N) is 1. The largest absolute Gasteiger partial charge is 0.390 e. The Bertz CT molecular complexity index is 229. The Kier molecular flexibility index (Phi) is 5.06. The predicted molar refractivity (Wildman–Crippen MR) is 64.4 cm³/mol. The van der Waals surface area contributed by atoms with Crippen molar-refractivity contribution in [3.05, 3.63) is 0 Å². The van der Waals surface area contributed by atoms with Crippen molar-refractivity contribution < 1.29 is 9.90 Å². The summed E-state index contributed by atoms with van der Waals surface area (Å²) in [7, 11) is 0. The van der Waals surface area contributed by atoms with Crippen LogP contribution in [0.25, 0.3) is 0 Å². The number of unbranched alkanes of at least 4 members (excludes halogenated alkanes) is 1. The summed E-state index contributed by atoms with van der Waals surface area (Å²) < 4.78 is 0. The van der Waals surface area contributed by atoms with Crippen LogP contribution in [0, 0.1) is 0 Å². The summed E-state index contributed by atoms with van der Waals surface area (Å²) >= 11 is 0. The van der Waals surface area contributed by atoms with Gasteiger partial charge in [-0.1, -0.05) is 13.3 Å². The maximum absolute atomic E-state index is 11.8. The number of likely N-dealkylation sites (tertiary alicyclic amines) is 1. The molecule has 1 aliphatic heterocycles. The zero-order valence-electron chi connectivity index (χ0n) is 10.5. The minimum absolute atomic E-state index is 0.0196. The molecule has 1 unspecified atom stereocenters. The summed E-state index contributed by atoms with van der Waals surface area (Å²) in [4.78, 5) is 13.6. The van der Waals surface area contributed by atoms with E-state index in [0.29, 0.717) is 13.0 Å². The molecule has 0 aromatic carbocycles. The molecule has 94 valence electrons. The molecule has 2 amide bonds. The van der Waals surface area contributed by atoms with Gasteiger partial charge in [-0.3, -0.25) is 0 Å². The second-order valence-electron chi connectivity index (χ2n) is 4.92. The standard InChI is InChI=1S/C12H24N2O2/c1-3-4-8-13-11(15)14-9-5-6-12(2,16)7-10-14/h16H,3-10H2,1-2H3,(H,13,15). The number of amides is 2. The Labute approximate surface area is 98.0 Å². The van der Waals surface area contributed by atoms with Crippen molar-refractivity contribution in [2.45, 2.75) is 51.6 Å². The van der Waals surface area contributed by atoms with E-state index in [1.54, 1.807) is 0 Å². The summed E-state index contributed by atoms with van der Waals surface area (Å²) in [5.41, 5.74) is -0.599. The third-order valence-electron chi connectivity index (χ3n) is 3.16. The number of carbonyl (C=O) groups is 1. The minimum atomic E-state index is -0.599. The van der Waals surface area contributed by atoms with Crippen molar-refractivity contribution >= 4 is 6.03 Å². The lowest BCUT2D eigenvalue weighted by Gasteiger charge is -2.22. The van der Waals surface area contributed by atoms with E-state index in [9.17, 15) is 9.90 Å². The summed E-state index contributed by atoms with van der Waals surface area (Å²) in [5, 5.41) is 12.8. The zero-order valence-corrected chi connectivity index (χ0v) is 10.5. The fourth-order valence-corrected chi connectivity index (χ4v) is 1.95. The van der Waals surface area contributed by atoms with Crippen molar-refractivity contribution in [2.75, 3.05) is 19.6 Å². The van der Waals surface area contributed by atoms with Gasteiger partial charge in [-0.05, 0) is 32.6 Å². The van der Waals surface area contributed by atoms with Gasteiger partial charge in [-0.2, -0.15) is 0 Å². The van der Waals surface area contributed by atoms with Crippen molar-refractivity contribution in [1.29, 1.82) is 0 Å². The molecule has 0 radical (unpaired) electrons. The third-order valence-corrected chi connectivity index (χ3v) is 3.16. The normalized spacial score (nSPS) is 26.3. The number of hydrogen-bond acceptors (Lipinski definition) is 2. The molecule has 0 aromatic rings. The Morgan fingerprint density at radius 1 is 1.44 bits per heavy atom. The van der Waals surface area contributed by atoms with Gasteiger partial charge in [0.15, 0.2) is 0 Å². The smallest absolute Gasteiger partial charge is 0.317 e. The fraction of sp³-hybridized carbons (Fsp3) is 0.917. The second kappa shape index (κ2) is 6.09. The molecule has 0 aromatic heterocycles. The van der Waals surface area contributed by atoms with Crippen molar-refractivity contribution in [3.63, 3.8) is 0 Å². The first-order valence-electron chi connectivity index (χ1n) is 6.30. The minimum Gasteiger partial charge on any atom is -0.390 e. The number of urea groups is 1. The molecule has 0 spiro atoms. The van der Waals surface area contributed by atoms with E-state index in [1.165, 1.54) is 0 Å². The van der Waals surface area contributed by atoms with Gasteiger partial charge in [0.2, 0.25) is 0 Å². The highest BCUT2D eigenvalue weighted by Crippen LogP contribution is 2.21. The van der Waals surface area contributed by atoms with Crippen LogP contribution in [0.5, 0.6) is 0 Å². The quantitative estimate of drug-likeness (QED) is 0.723. The first-order valence-corrected chi connectivity index (χ1v) is 6.30. The van der Waals surface area contributed by atoms with Crippen LogP contribution in [0.15, 0.2) is 0 Å². The molecule has 1 heterocycles. The average molecular weight is 228 g/mol. The molecule has 1 atom stereocenters. The van der Waals surface area contributed by atoms with E-state index >= 15 is 0 Å². The van der Waals surface area contributed by atoms with Crippen LogP contribution in [-0.4, -0.2) is 41.3 Å². The number of hydrogen-bond donors (Lipinski definition) is 2. The van der Waals surface area contributed by atoms with Gasteiger partial charge in [0.1, 0.15) is 0 Å². The lowest BCUT2D eigenvalue weighted by atomic mass is 9.98. The van der Waals surface area contributed by atoms with Gasteiger partial charge in [-0.25, -0.2) is 4.79 Å². The molecule has 16 heavy (non-hydrogen) atoms. The number of rotatable bonds is 3. The first-order chi connectivity index (χ1) is 7.55. The molecule has 4 nitrogen and oxygen atoms in total. The van der Waals surface area contributed by atoms with Crippen LogP contribution >= 0.6 is 0 Å². The maximum Gasteiger partial charge on any atom is 0.317 e. The van der Waals surface area contributed by atoms with E-state index < -0.39 is 5.60 Å². The predicted octanol–water partition coefficient (Wildman–Crippen LogP) is 1.73. The molecule has 1 saturated heterocycles. The van der Waals surface area contributed by atoms with Crippen molar-refractivity contribution in [2.24, 2.45) is 0 Å². The van der Waals surface area contributed by atoms with Gasteiger partial charge >= 0.3 is 6.03 Å². The molecule has 1 rings (SSSR count). The summed E-state index contributed by atoms with van der Waals surface area (Å²) in [6.45, 7) is 6.13. The fourth-order valence-electron chi connectivity index (χ4n) is 1.95. The van der Waals surface area contributed by atoms with Crippen LogP contribution in [0.4, 0.5) is 4.79 Å². The lowest BCUT2D eigenvalue weighted by molar-refractivity contribution is 0.0457. The molecule has 1 fully saturated rings. The van der Waals surface area contributed by atoms with E-state index in [-0.39, 0.29) is 6.03 Å². The SMILES string of the molecule is CCCCNC(=O)N1CCCC(C)(O)CC1. The van der Waals surface area contributed by atoms with Gasteiger partial charge < -0.3 is 15.3 Å². The van der Waals surface area contributed by atoms with E-state index in [1.807, 2.05) is 11.8 Å². The monoisotopic (exact) mass is 228 g/mol. The Hall–Kier alpha value is -0.770. The number of aliphatic hydroxyl groups is 1. The van der Waals surface area contributed by atoms with Crippen LogP contribution in [0.1, 0.15) is 46.0 Å². The molecule has 2 N–H and O–H groups in total. The molecular weight excluding hydrogens is 204 g/mol. The van der Waals surface area contributed by atoms with Crippen LogP contribution in [0.2, 0.25) is 0 Å². The Balaban J connectivity index is 2.33. The summed E-state index contributed by atoms with van der Waals surface area (Å²) in [5.74, 6) is 0. The lowest BCUT2D eigenvalue weighted by Crippen LogP contribution is -2.41. The maximum atomic E-state index is 11.8. The molecule has 0 saturated carbocycles. The highest BCUT2D eigenvalue weighted by atomic mass is 16.3. The number of nitrogens with one attached hydrogen (secondary N) is 1. The van der Waals surface area contributed by atoms with Gasteiger partial charge in [0.05, 0.1) is 5.60 Å². The molecule has 4 heteroatoms. The van der Waals surface area contributed by atoms with Crippen molar-refractivity contribution in [1.82, 2.24) is 10.2 Å². The van der Waals surface area contributed by atoms with Gasteiger partial charge in [0, 0.05) is 19.6 Å². The van der Waals surface area contributed by atoms with Gasteiger partial charge in [0.25, 0.3) is 0 Å². The van der Waals surface area contributed by atoms with E-state index in [0.717, 1.165) is 38.8 Å². The van der Waals surface area contributed by atoms with Gasteiger partial charge in [-0.15, -0.1) is 0 Å². The third kappa shape index (κ3) is 4.39. The second-order valence-corrected chi connectivity index (χ2v) is 4.92. The summed E-state index contributed by atoms with van der Waals surface area (Å²) in [6.07, 6.45) is 4.46. The number of carbonyl (C=O) groups excluding carboxylic acids is 1. The topological polar surface area (TPSA) is 52.6 Å². The highest BCUT2D eigenvalue weighted by molar-refractivity contribution is 5.74. The molecule has 1 aliphatic rings. The van der Waals surface area contributed by atoms with E-state index in [4.69, 9.17) is 0 Å². The van der Waals surface area contributed by atoms with Crippen LogP contribution in [-0.2, 0) is 0 Å².